The molecule has 4 radical (unpaired) electrons. The SMILES string of the molecule is CC(=O)C=C(C)O.CC(=O)C=C(C)O.Cc1ccc[c-]c1-c1ccc2ccccc2n1.Fc1[c-]c(-c2ccc3ccccc3n2)cc(F)c1.N#Cc1c[c-]c(-c2ccc3ccccc3n2)cc1.[Ir].[Ir].[Ir].[Ir].[c-]1ccccc1-c1ccc2cc(C3CCCCC3)ccc2n1. The van der Waals surface area contributed by atoms with Crippen LogP contribution in [0.5, 0.6) is 0 Å². The van der Waals surface area contributed by atoms with Crippen molar-refractivity contribution in [2.45, 2.75) is 72.6 Å². The second-order valence-corrected chi connectivity index (χ2v) is 21.1. The number of para-hydroxylation sites is 3. The predicted octanol–water partition coefficient (Wildman–Crippen LogP) is 19.4. The fraction of sp³-hybridized carbons (Fsp3) is 0.141. The average molecular weight is 1940 g/mol. The van der Waals surface area contributed by atoms with Gasteiger partial charge in [-0.15, -0.1) is 119 Å². The number of carbonyl (C=O) groups excluding carboxylic acids is 2. The Morgan fingerprint density at radius 1 is 0.495 bits per heavy atom. The second kappa shape index (κ2) is 39.3. The van der Waals surface area contributed by atoms with E-state index < -0.39 is 11.6 Å². The molecule has 1 aliphatic carbocycles. The number of hydrogen-bond acceptors (Lipinski definition) is 9. The van der Waals surface area contributed by atoms with Crippen molar-refractivity contribution in [2.24, 2.45) is 0 Å². The minimum Gasteiger partial charge on any atom is -0.512 e. The van der Waals surface area contributed by atoms with E-state index in [2.05, 4.69) is 113 Å². The molecule has 15 heteroatoms. The summed E-state index contributed by atoms with van der Waals surface area (Å²) in [7, 11) is 0. The summed E-state index contributed by atoms with van der Waals surface area (Å²) in [5.74, 6) is -0.726. The van der Waals surface area contributed by atoms with E-state index in [0.29, 0.717) is 16.8 Å². The number of fused-ring (bicyclic) bond motifs is 4. The number of allylic oxidation sites excluding steroid dienone is 4. The Labute approximate surface area is 596 Å². The van der Waals surface area contributed by atoms with Gasteiger partial charge in [-0.2, -0.15) is 0 Å². The minimum absolute atomic E-state index is 0. The molecule has 0 amide bonds. The van der Waals surface area contributed by atoms with Crippen LogP contribution in [0.4, 0.5) is 8.78 Å². The van der Waals surface area contributed by atoms with Crippen molar-refractivity contribution < 1.29 is 109 Å². The molecule has 0 bridgehead atoms. The van der Waals surface area contributed by atoms with E-state index >= 15 is 0 Å². The number of halogens is 2. The van der Waals surface area contributed by atoms with Gasteiger partial charge < -0.3 is 10.2 Å². The number of ketones is 2. The van der Waals surface area contributed by atoms with E-state index in [0.717, 1.165) is 78.6 Å². The summed E-state index contributed by atoms with van der Waals surface area (Å²) in [6.45, 7) is 7.78. The maximum Gasteiger partial charge on any atom is 0.155 e. The molecule has 93 heavy (non-hydrogen) atoms. The standard InChI is InChI=1S/C21H20N.C16H9N2.C16H12N.C15H8F2N.2C5H8O2.4Ir/c1-3-7-16(8-4-1)18-11-13-21-19(15-18)12-14-20(22-21)17-9-5-2-6-10-17;17-11-12-5-7-14(8-6-12)16-10-9-13-3-1-2-4-15(13)18-16;1-12-6-2-4-8-14(12)16-11-10-13-7-3-5-9-15(13)17-16;16-12-7-11(8-13(17)9-12)15-6-5-10-3-1-2-4-14(10)18-15;2*1-4(6)3-5(2)7;;;;/h2,5-6,9,11-16H,1,3-4,7-8H2;1-7,9-10H;2-7,9-11H,1H3;1-7,9H;2*3,6H,1-2H3;;;;/q4*-1;;;;;;. The number of aromatic nitrogens is 4. The van der Waals surface area contributed by atoms with Crippen LogP contribution in [0.3, 0.4) is 0 Å². The third-order valence-electron chi connectivity index (χ3n) is 14.0. The Hall–Kier alpha value is -8.23. The number of benzene rings is 8. The van der Waals surface area contributed by atoms with Crippen LogP contribution in [0.1, 0.15) is 82.4 Å². The predicted molar refractivity (Wildman–Crippen MR) is 353 cm³/mol. The summed E-state index contributed by atoms with van der Waals surface area (Å²) in [5.41, 5.74) is 13.9. The fourth-order valence-electron chi connectivity index (χ4n) is 9.85. The van der Waals surface area contributed by atoms with Crippen LogP contribution in [0.25, 0.3) is 88.6 Å². The summed E-state index contributed by atoms with van der Waals surface area (Å²) in [4.78, 5) is 38.5. The van der Waals surface area contributed by atoms with Crippen LogP contribution in [-0.4, -0.2) is 41.7 Å². The topological polar surface area (TPSA) is 150 Å². The Kier molecular flexibility index (Phi) is 32.7. The molecule has 0 aliphatic heterocycles. The van der Waals surface area contributed by atoms with Crippen molar-refractivity contribution in [2.75, 3.05) is 0 Å². The summed E-state index contributed by atoms with van der Waals surface area (Å²) in [6, 6.07) is 82.2. The van der Waals surface area contributed by atoms with Gasteiger partial charge in [-0.25, -0.2) is 14.0 Å². The van der Waals surface area contributed by atoms with E-state index in [-0.39, 0.29) is 104 Å². The summed E-state index contributed by atoms with van der Waals surface area (Å²) >= 11 is 0. The van der Waals surface area contributed by atoms with Crippen molar-refractivity contribution >= 4 is 55.2 Å². The third-order valence-corrected chi connectivity index (χ3v) is 14.0. The van der Waals surface area contributed by atoms with Crippen molar-refractivity contribution in [1.82, 2.24) is 19.9 Å². The maximum absolute atomic E-state index is 13.1. The summed E-state index contributed by atoms with van der Waals surface area (Å²) in [6.07, 6.45) is 9.18. The largest absolute Gasteiger partial charge is 0.512 e. The number of hydrogen-bond donors (Lipinski definition) is 2. The fourth-order valence-corrected chi connectivity index (χ4v) is 9.85. The maximum atomic E-state index is 13.1. The number of aryl methyl sites for hydroxylation is 1. The van der Waals surface area contributed by atoms with Gasteiger partial charge in [0.2, 0.25) is 0 Å². The van der Waals surface area contributed by atoms with E-state index in [9.17, 15) is 18.4 Å². The number of rotatable bonds is 7. The number of pyridine rings is 4. The van der Waals surface area contributed by atoms with E-state index in [4.69, 9.17) is 20.5 Å². The zero-order valence-electron chi connectivity index (χ0n) is 51.5. The first-order valence-corrected chi connectivity index (χ1v) is 29.1. The van der Waals surface area contributed by atoms with Crippen LogP contribution in [0, 0.1) is 54.2 Å². The van der Waals surface area contributed by atoms with Gasteiger partial charge in [0.05, 0.1) is 33.6 Å². The van der Waals surface area contributed by atoms with Gasteiger partial charge in [0.15, 0.2) is 11.6 Å². The molecule has 13 rings (SSSR count). The van der Waals surface area contributed by atoms with Crippen LogP contribution in [-0.2, 0) is 90.0 Å². The van der Waals surface area contributed by atoms with Gasteiger partial charge in [0.1, 0.15) is 0 Å². The molecular formula is C78H65F2Ir4N5O4-4. The Bertz CT molecular complexity index is 4440. The zero-order valence-corrected chi connectivity index (χ0v) is 61.1. The Balaban J connectivity index is 0.000000245. The number of nitrogens with zero attached hydrogens (tertiary/aromatic N) is 5. The van der Waals surface area contributed by atoms with Crippen molar-refractivity contribution in [3.8, 4) is 51.1 Å². The average Bonchev–Trinajstić information content (AvgIpc) is 0.937. The van der Waals surface area contributed by atoms with E-state index in [1.807, 2.05) is 121 Å². The molecule has 480 valence electrons. The second-order valence-electron chi connectivity index (χ2n) is 21.1. The molecule has 12 aromatic rings. The smallest absolute Gasteiger partial charge is 0.155 e. The monoisotopic (exact) mass is 1950 g/mol. The molecule has 9 nitrogen and oxygen atoms in total. The van der Waals surface area contributed by atoms with Crippen LogP contribution in [0.2, 0.25) is 0 Å². The molecule has 1 aliphatic rings. The van der Waals surface area contributed by atoms with Crippen molar-refractivity contribution in [3.05, 3.63) is 289 Å². The van der Waals surface area contributed by atoms with Gasteiger partial charge >= 0.3 is 0 Å². The molecule has 1 saturated carbocycles. The van der Waals surface area contributed by atoms with E-state index in [1.165, 1.54) is 99.9 Å². The van der Waals surface area contributed by atoms with Crippen LogP contribution < -0.4 is 0 Å². The summed E-state index contributed by atoms with van der Waals surface area (Å²) < 4.78 is 26.2. The number of nitriles is 1. The van der Waals surface area contributed by atoms with E-state index in [1.54, 1.807) is 18.2 Å². The van der Waals surface area contributed by atoms with Crippen LogP contribution >= 0.6 is 0 Å². The molecule has 4 aromatic heterocycles. The molecule has 8 aromatic carbocycles. The summed E-state index contributed by atoms with van der Waals surface area (Å²) in [5, 5.41) is 30.0. The minimum atomic E-state index is -0.722. The molecule has 0 atom stereocenters. The van der Waals surface area contributed by atoms with Crippen molar-refractivity contribution in [3.63, 3.8) is 0 Å². The molecule has 0 saturated heterocycles. The first-order chi connectivity index (χ1) is 43.1. The zero-order chi connectivity index (χ0) is 63.1. The van der Waals surface area contributed by atoms with Gasteiger partial charge in [0, 0.05) is 110 Å². The van der Waals surface area contributed by atoms with Gasteiger partial charge in [-0.05, 0) is 132 Å². The molecule has 1 fully saturated rings. The molecular weight excluding hydrogens is 1880 g/mol. The molecule has 2 N–H and O–H groups in total. The Morgan fingerprint density at radius 3 is 1.43 bits per heavy atom. The van der Waals surface area contributed by atoms with Gasteiger partial charge in [-0.1, -0.05) is 141 Å². The third kappa shape index (κ3) is 24.0. The van der Waals surface area contributed by atoms with Crippen LogP contribution in [0.15, 0.2) is 236 Å². The Morgan fingerprint density at radius 2 is 0.968 bits per heavy atom. The van der Waals surface area contributed by atoms with Gasteiger partial charge in [-0.3, -0.25) is 29.5 Å². The first kappa shape index (κ1) is 77.2. The normalized spacial score (nSPS) is 11.5. The number of carbonyl (C=O) groups is 2. The molecule has 0 unspecified atom stereocenters. The number of aliphatic hydroxyl groups excluding tert-OH is 2. The van der Waals surface area contributed by atoms with Crippen molar-refractivity contribution in [1.29, 1.82) is 5.26 Å². The quantitative estimate of drug-likeness (QED) is 0.0903. The first-order valence-electron chi connectivity index (χ1n) is 29.1. The number of aliphatic hydroxyl groups is 2. The molecule has 0 spiro atoms. The van der Waals surface area contributed by atoms with Gasteiger partial charge in [0.25, 0.3) is 0 Å². The molecule has 4 heterocycles.